The van der Waals surface area contributed by atoms with E-state index in [-0.39, 0.29) is 33.4 Å². The number of hydrogen-bond acceptors (Lipinski definition) is 7. The molecule has 0 spiro atoms. The number of nitrogens with one attached hydrogen (secondary N) is 2. The van der Waals surface area contributed by atoms with Crippen molar-refractivity contribution in [2.75, 3.05) is 15.3 Å². The number of amidine groups is 1. The van der Waals surface area contributed by atoms with E-state index < -0.39 is 36.5 Å². The number of anilines is 2. The fraction of sp³-hybridized carbons (Fsp3) is 0.333. The Bertz CT molecular complexity index is 1530. The van der Waals surface area contributed by atoms with Gasteiger partial charge in [-0.15, -0.1) is 16.0 Å². The van der Waals surface area contributed by atoms with E-state index in [2.05, 4.69) is 28.3 Å². The van der Waals surface area contributed by atoms with Crippen LogP contribution in [0.3, 0.4) is 0 Å². The predicted molar refractivity (Wildman–Crippen MR) is 140 cm³/mol. The number of aliphatic hydroxyl groups excluding tert-OH is 1. The largest absolute Gasteiger partial charge is 0.506 e. The lowest BCUT2D eigenvalue weighted by molar-refractivity contribution is -0.120. The summed E-state index contributed by atoms with van der Waals surface area (Å²) in [5.74, 6) is -0.748. The third kappa shape index (κ3) is 4.62. The highest BCUT2D eigenvalue weighted by Gasteiger charge is 2.46. The maximum absolute atomic E-state index is 13.9. The summed E-state index contributed by atoms with van der Waals surface area (Å²) in [6.07, 6.45) is 1.24. The van der Waals surface area contributed by atoms with E-state index in [9.17, 15) is 26.7 Å². The Morgan fingerprint density at radius 3 is 2.56 bits per heavy atom. The Labute approximate surface area is 215 Å². The monoisotopic (exact) mass is 551 g/mol. The first-order chi connectivity index (χ1) is 16.8. The molecule has 36 heavy (non-hydrogen) atoms. The second kappa shape index (κ2) is 9.20. The molecule has 12 heteroatoms. The standard InChI is InChI=1S/C24H26ClN3O6S2/c1-14(2)10-11-24(3)17-7-5-4-6-16(17)21(29)20(22(24)30)23-26-18-9-8-15(27-35(31,32)13-25)12-19(18)36(33,34)28-23/h4-9,12,14,27,29H,10-11,13H2,1-3H3,(H,26,28)/t24-/m1/s1. The van der Waals surface area contributed by atoms with Gasteiger partial charge in [0.25, 0.3) is 10.0 Å². The second-order valence-corrected chi connectivity index (χ2v) is 13.3. The van der Waals surface area contributed by atoms with Crippen LogP contribution in [0.15, 0.2) is 57.3 Å². The van der Waals surface area contributed by atoms with Gasteiger partial charge in [-0.1, -0.05) is 38.1 Å². The third-order valence-electron chi connectivity index (χ3n) is 6.34. The average molecular weight is 552 g/mol. The number of fused-ring (bicyclic) bond motifs is 2. The zero-order valence-electron chi connectivity index (χ0n) is 19.9. The van der Waals surface area contributed by atoms with Crippen LogP contribution in [0.4, 0.5) is 11.4 Å². The number of rotatable bonds is 7. The molecule has 1 atom stereocenters. The van der Waals surface area contributed by atoms with Gasteiger partial charge in [0.2, 0.25) is 10.0 Å². The molecule has 0 bridgehead atoms. The Balaban J connectivity index is 1.82. The fourth-order valence-electron chi connectivity index (χ4n) is 4.39. The van der Waals surface area contributed by atoms with Crippen molar-refractivity contribution in [3.8, 4) is 0 Å². The molecule has 0 aromatic heterocycles. The minimum atomic E-state index is -4.35. The number of aliphatic hydroxyl groups is 1. The van der Waals surface area contributed by atoms with Crippen molar-refractivity contribution in [3.63, 3.8) is 0 Å². The van der Waals surface area contributed by atoms with E-state index in [0.717, 1.165) is 12.5 Å². The third-order valence-corrected chi connectivity index (χ3v) is 9.35. The molecule has 1 aliphatic heterocycles. The zero-order valence-corrected chi connectivity index (χ0v) is 22.3. The lowest BCUT2D eigenvalue weighted by atomic mass is 9.66. The highest BCUT2D eigenvalue weighted by Crippen LogP contribution is 2.44. The van der Waals surface area contributed by atoms with Gasteiger partial charge in [0.05, 0.1) is 16.8 Å². The van der Waals surface area contributed by atoms with Crippen molar-refractivity contribution in [2.45, 2.75) is 43.9 Å². The number of nitrogens with zero attached hydrogens (tertiary/aromatic N) is 1. The summed E-state index contributed by atoms with van der Waals surface area (Å²) in [5, 5.41) is 13.3. The maximum atomic E-state index is 13.9. The number of benzene rings is 2. The van der Waals surface area contributed by atoms with E-state index in [0.29, 0.717) is 23.5 Å². The number of sulfonamides is 2. The van der Waals surface area contributed by atoms with E-state index in [1.54, 1.807) is 31.2 Å². The molecule has 0 saturated heterocycles. The van der Waals surface area contributed by atoms with Crippen molar-refractivity contribution in [2.24, 2.45) is 10.3 Å². The minimum absolute atomic E-state index is 0.00980. The number of Topliss-reactive ketones (excluding diaryl/α,β-unsaturated/α-hetero) is 1. The van der Waals surface area contributed by atoms with Gasteiger partial charge in [0, 0.05) is 5.56 Å². The fourth-order valence-corrected chi connectivity index (χ4v) is 6.25. The molecule has 0 radical (unpaired) electrons. The average Bonchev–Trinajstić information content (AvgIpc) is 2.81. The first-order valence-electron chi connectivity index (χ1n) is 11.2. The molecule has 3 N–H and O–H groups in total. The van der Waals surface area contributed by atoms with Crippen LogP contribution in [0, 0.1) is 5.92 Å². The van der Waals surface area contributed by atoms with E-state index in [4.69, 9.17) is 11.6 Å². The molecular weight excluding hydrogens is 526 g/mol. The van der Waals surface area contributed by atoms with Crippen molar-refractivity contribution in [1.29, 1.82) is 0 Å². The van der Waals surface area contributed by atoms with Crippen LogP contribution in [0.5, 0.6) is 0 Å². The molecule has 2 aromatic carbocycles. The molecule has 0 saturated carbocycles. The maximum Gasteiger partial charge on any atom is 0.286 e. The molecule has 2 aliphatic rings. The number of ketones is 1. The summed E-state index contributed by atoms with van der Waals surface area (Å²) < 4.78 is 55.8. The lowest BCUT2D eigenvalue weighted by Crippen LogP contribution is -2.42. The first kappa shape index (κ1) is 26.2. The molecule has 0 unspecified atom stereocenters. The summed E-state index contributed by atoms with van der Waals surface area (Å²) in [6.45, 7) is 5.90. The number of alkyl halides is 1. The quantitative estimate of drug-likeness (QED) is 0.433. The van der Waals surface area contributed by atoms with Gasteiger partial charge in [-0.25, -0.2) is 8.42 Å². The molecule has 4 rings (SSSR count). The smallest absolute Gasteiger partial charge is 0.286 e. The summed E-state index contributed by atoms with van der Waals surface area (Å²) in [7, 11) is -8.21. The SMILES string of the molecule is CC(C)CC[C@@]1(C)C(=O)C(C2=NS(=O)(=O)c3cc(NS(=O)(=O)CCl)ccc3N2)=C(O)c2ccccc21. The van der Waals surface area contributed by atoms with Gasteiger partial charge in [-0.05, 0) is 49.4 Å². The normalized spacial score (nSPS) is 20.9. The minimum Gasteiger partial charge on any atom is -0.506 e. The lowest BCUT2D eigenvalue weighted by Gasteiger charge is -2.36. The zero-order chi connectivity index (χ0) is 26.5. The number of carbonyl (C=O) groups excluding carboxylic acids is 1. The van der Waals surface area contributed by atoms with Crippen molar-refractivity contribution >= 4 is 60.4 Å². The van der Waals surface area contributed by atoms with Gasteiger partial charge in [0.1, 0.15) is 21.4 Å². The summed E-state index contributed by atoms with van der Waals surface area (Å²) in [5.41, 5.74) is -0.0137. The number of halogens is 1. The highest BCUT2D eigenvalue weighted by atomic mass is 35.5. The van der Waals surface area contributed by atoms with Gasteiger partial charge in [0.15, 0.2) is 11.6 Å². The summed E-state index contributed by atoms with van der Waals surface area (Å²) in [4.78, 5) is 13.6. The number of carbonyl (C=O) groups is 1. The Hall–Kier alpha value is -2.89. The highest BCUT2D eigenvalue weighted by molar-refractivity contribution is 7.93. The van der Waals surface area contributed by atoms with E-state index >= 15 is 0 Å². The van der Waals surface area contributed by atoms with Crippen molar-refractivity contribution in [1.82, 2.24) is 0 Å². The van der Waals surface area contributed by atoms with E-state index in [1.165, 1.54) is 12.1 Å². The van der Waals surface area contributed by atoms with Gasteiger partial charge < -0.3 is 10.4 Å². The summed E-state index contributed by atoms with van der Waals surface area (Å²) >= 11 is 5.41. The number of hydrogen-bond donors (Lipinski definition) is 3. The molecule has 1 aliphatic carbocycles. The summed E-state index contributed by atoms with van der Waals surface area (Å²) in [6, 6.07) is 10.8. The molecule has 9 nitrogen and oxygen atoms in total. The van der Waals surface area contributed by atoms with E-state index in [1.807, 2.05) is 0 Å². The molecule has 1 heterocycles. The molecule has 192 valence electrons. The van der Waals surface area contributed by atoms with Crippen molar-refractivity contribution in [3.05, 3.63) is 59.2 Å². The van der Waals surface area contributed by atoms with Crippen LogP contribution in [0.1, 0.15) is 44.7 Å². The van der Waals surface area contributed by atoms with Crippen molar-refractivity contribution < 1.29 is 26.7 Å². The van der Waals surface area contributed by atoms with Gasteiger partial charge in [-0.3, -0.25) is 9.52 Å². The molecule has 2 aromatic rings. The Morgan fingerprint density at radius 2 is 1.89 bits per heavy atom. The second-order valence-electron chi connectivity index (χ2n) is 9.44. The molecular formula is C24H26ClN3O6S2. The van der Waals surface area contributed by atoms with Gasteiger partial charge in [-0.2, -0.15) is 8.42 Å². The Morgan fingerprint density at radius 1 is 1.19 bits per heavy atom. The molecule has 0 amide bonds. The topological polar surface area (TPSA) is 142 Å². The van der Waals surface area contributed by atoms with Crippen LogP contribution >= 0.6 is 11.6 Å². The van der Waals surface area contributed by atoms with Gasteiger partial charge >= 0.3 is 0 Å². The van der Waals surface area contributed by atoms with Crippen LogP contribution < -0.4 is 10.0 Å². The Kier molecular flexibility index (Phi) is 6.69. The van der Waals surface area contributed by atoms with Crippen LogP contribution in [-0.2, 0) is 30.3 Å². The van der Waals surface area contributed by atoms with Crippen LogP contribution in [-0.4, -0.2) is 38.8 Å². The van der Waals surface area contributed by atoms with Crippen LogP contribution in [0.25, 0.3) is 5.76 Å². The predicted octanol–water partition coefficient (Wildman–Crippen LogP) is 4.38. The molecule has 0 fully saturated rings. The first-order valence-corrected chi connectivity index (χ1v) is 14.8. The van der Waals surface area contributed by atoms with Crippen LogP contribution in [0.2, 0.25) is 0 Å².